The molecule has 17 heavy (non-hydrogen) atoms. The molecule has 0 fully saturated rings. The fraction of sp³-hybridized carbons (Fsp3) is 0.750. The second-order valence-electron chi connectivity index (χ2n) is 3.45. The molecule has 0 unspecified atom stereocenters. The van der Waals surface area contributed by atoms with E-state index in [9.17, 15) is 4.79 Å². The largest absolute Gasteiger partial charge is 0.461 e. The number of carbonyl (C=O) groups is 1. The van der Waals surface area contributed by atoms with Gasteiger partial charge in [-0.1, -0.05) is 32.4 Å². The third kappa shape index (κ3) is 17.7. The Balaban J connectivity index is 0. The van der Waals surface area contributed by atoms with Crippen LogP contribution < -0.4 is 0 Å². The molecule has 5 heteroatoms. The van der Waals surface area contributed by atoms with Crippen LogP contribution in [0.4, 0.5) is 0 Å². The molecule has 0 aliphatic carbocycles. The minimum absolute atomic E-state index is 0.113. The highest BCUT2D eigenvalue weighted by Gasteiger charge is 1.99. The SMILES string of the molecule is C=CCOC(=O)CCCCC.OCC(O)CO. The molecule has 0 radical (unpaired) electrons. The van der Waals surface area contributed by atoms with Gasteiger partial charge >= 0.3 is 5.97 Å². The summed E-state index contributed by atoms with van der Waals surface area (Å²) in [5.74, 6) is -0.113. The van der Waals surface area contributed by atoms with Gasteiger partial charge in [-0.2, -0.15) is 0 Å². The average Bonchev–Trinajstić information content (AvgIpc) is 2.36. The molecule has 0 aromatic heterocycles. The van der Waals surface area contributed by atoms with E-state index in [1.165, 1.54) is 0 Å². The van der Waals surface area contributed by atoms with Crippen molar-refractivity contribution in [2.24, 2.45) is 0 Å². The first-order valence-electron chi connectivity index (χ1n) is 5.78. The van der Waals surface area contributed by atoms with Crippen LogP contribution in [0, 0.1) is 0 Å². The highest BCUT2D eigenvalue weighted by Crippen LogP contribution is 1.99. The molecule has 0 bridgehead atoms. The minimum atomic E-state index is -0.954. The summed E-state index contributed by atoms with van der Waals surface area (Å²) in [7, 11) is 0. The molecule has 102 valence electrons. The second-order valence-corrected chi connectivity index (χ2v) is 3.45. The molecule has 0 aliphatic rings. The van der Waals surface area contributed by atoms with E-state index in [0.29, 0.717) is 13.0 Å². The molecule has 0 saturated carbocycles. The van der Waals surface area contributed by atoms with Crippen molar-refractivity contribution >= 4 is 5.97 Å². The van der Waals surface area contributed by atoms with Crippen molar-refractivity contribution in [3.63, 3.8) is 0 Å². The van der Waals surface area contributed by atoms with Crippen LogP contribution in [-0.4, -0.2) is 47.2 Å². The number of aliphatic hydroxyl groups is 3. The zero-order chi connectivity index (χ0) is 13.5. The first kappa shape index (κ1) is 18.5. The van der Waals surface area contributed by atoms with Gasteiger partial charge < -0.3 is 20.1 Å². The molecule has 0 saturated heterocycles. The Morgan fingerprint density at radius 3 is 2.29 bits per heavy atom. The van der Waals surface area contributed by atoms with Crippen LogP contribution in [0.15, 0.2) is 12.7 Å². The molecule has 0 rings (SSSR count). The summed E-state index contributed by atoms with van der Waals surface area (Å²) in [5, 5.41) is 24.0. The quantitative estimate of drug-likeness (QED) is 0.333. The van der Waals surface area contributed by atoms with Crippen LogP contribution >= 0.6 is 0 Å². The van der Waals surface area contributed by atoms with Crippen molar-refractivity contribution in [2.75, 3.05) is 19.8 Å². The summed E-state index contributed by atoms with van der Waals surface area (Å²) in [6.45, 7) is 5.17. The fourth-order valence-corrected chi connectivity index (χ4v) is 0.801. The minimum Gasteiger partial charge on any atom is -0.461 e. The van der Waals surface area contributed by atoms with E-state index in [1.54, 1.807) is 6.08 Å². The first-order chi connectivity index (χ1) is 8.12. The van der Waals surface area contributed by atoms with Crippen molar-refractivity contribution in [2.45, 2.75) is 38.7 Å². The van der Waals surface area contributed by atoms with Gasteiger partial charge in [-0.05, 0) is 6.42 Å². The molecule has 0 spiro atoms. The fourth-order valence-electron chi connectivity index (χ4n) is 0.801. The predicted molar refractivity (Wildman–Crippen MR) is 65.5 cm³/mol. The molecule has 0 aromatic rings. The molecule has 3 N–H and O–H groups in total. The van der Waals surface area contributed by atoms with Crippen LogP contribution in [0.25, 0.3) is 0 Å². The predicted octanol–water partition coefficient (Wildman–Crippen LogP) is 0.628. The number of hydrogen-bond donors (Lipinski definition) is 3. The van der Waals surface area contributed by atoms with Crippen molar-refractivity contribution in [1.29, 1.82) is 0 Å². The van der Waals surface area contributed by atoms with E-state index in [4.69, 9.17) is 20.1 Å². The molecule has 0 atom stereocenters. The zero-order valence-corrected chi connectivity index (χ0v) is 10.5. The zero-order valence-electron chi connectivity index (χ0n) is 10.5. The summed E-state index contributed by atoms with van der Waals surface area (Å²) in [4.78, 5) is 10.8. The van der Waals surface area contributed by atoms with Gasteiger partial charge in [-0.15, -0.1) is 0 Å². The summed E-state index contributed by atoms with van der Waals surface area (Å²) >= 11 is 0. The maximum Gasteiger partial charge on any atom is 0.306 e. The lowest BCUT2D eigenvalue weighted by Crippen LogP contribution is -2.15. The van der Waals surface area contributed by atoms with Gasteiger partial charge in [0.2, 0.25) is 0 Å². The maximum absolute atomic E-state index is 10.8. The number of hydrogen-bond acceptors (Lipinski definition) is 5. The lowest BCUT2D eigenvalue weighted by atomic mass is 10.2. The monoisotopic (exact) mass is 248 g/mol. The molecular formula is C12H24O5. The summed E-state index contributed by atoms with van der Waals surface area (Å²) in [6.07, 6.45) is 4.34. The third-order valence-corrected chi connectivity index (χ3v) is 1.77. The van der Waals surface area contributed by atoms with Crippen molar-refractivity contribution in [1.82, 2.24) is 0 Å². The Morgan fingerprint density at radius 1 is 1.35 bits per heavy atom. The second kappa shape index (κ2) is 15.1. The summed E-state index contributed by atoms with van der Waals surface area (Å²) in [5.41, 5.74) is 0. The van der Waals surface area contributed by atoms with Gasteiger partial charge in [0.15, 0.2) is 0 Å². The van der Waals surface area contributed by atoms with Crippen molar-refractivity contribution in [3.05, 3.63) is 12.7 Å². The van der Waals surface area contributed by atoms with Crippen LogP contribution in [0.3, 0.4) is 0 Å². The molecule has 0 heterocycles. The first-order valence-corrected chi connectivity index (χ1v) is 5.78. The van der Waals surface area contributed by atoms with E-state index < -0.39 is 6.10 Å². The van der Waals surface area contributed by atoms with Gasteiger partial charge in [0.25, 0.3) is 0 Å². The highest BCUT2D eigenvalue weighted by molar-refractivity contribution is 5.69. The summed E-state index contributed by atoms with van der Waals surface area (Å²) < 4.78 is 4.78. The molecule has 0 aliphatic heterocycles. The van der Waals surface area contributed by atoms with E-state index in [-0.39, 0.29) is 19.2 Å². The van der Waals surface area contributed by atoms with Gasteiger partial charge in [0, 0.05) is 6.42 Å². The van der Waals surface area contributed by atoms with E-state index >= 15 is 0 Å². The number of aliphatic hydroxyl groups excluding tert-OH is 3. The number of esters is 1. The normalized spacial score (nSPS) is 9.47. The maximum atomic E-state index is 10.8. The number of ether oxygens (including phenoxy) is 1. The lowest BCUT2D eigenvalue weighted by Gasteiger charge is -1.99. The smallest absolute Gasteiger partial charge is 0.306 e. The highest BCUT2D eigenvalue weighted by atomic mass is 16.5. The average molecular weight is 248 g/mol. The van der Waals surface area contributed by atoms with Crippen LogP contribution in [0.1, 0.15) is 32.6 Å². The van der Waals surface area contributed by atoms with Crippen molar-refractivity contribution in [3.8, 4) is 0 Å². The Hall–Kier alpha value is -0.910. The molecule has 0 aromatic carbocycles. The molecule has 5 nitrogen and oxygen atoms in total. The van der Waals surface area contributed by atoms with Gasteiger partial charge in [-0.3, -0.25) is 4.79 Å². The lowest BCUT2D eigenvalue weighted by molar-refractivity contribution is -0.142. The van der Waals surface area contributed by atoms with E-state index in [1.807, 2.05) is 0 Å². The topological polar surface area (TPSA) is 87.0 Å². The van der Waals surface area contributed by atoms with Crippen molar-refractivity contribution < 1.29 is 24.9 Å². The third-order valence-electron chi connectivity index (χ3n) is 1.77. The van der Waals surface area contributed by atoms with E-state index in [2.05, 4.69) is 13.5 Å². The van der Waals surface area contributed by atoms with Crippen LogP contribution in [0.2, 0.25) is 0 Å². The van der Waals surface area contributed by atoms with Crippen LogP contribution in [0.5, 0.6) is 0 Å². The van der Waals surface area contributed by atoms with Crippen LogP contribution in [-0.2, 0) is 9.53 Å². The Kier molecular flexibility index (Phi) is 16.4. The Labute approximate surface area is 103 Å². The van der Waals surface area contributed by atoms with E-state index in [0.717, 1.165) is 19.3 Å². The molecular weight excluding hydrogens is 224 g/mol. The molecule has 0 amide bonds. The number of carbonyl (C=O) groups excluding carboxylic acids is 1. The number of unbranched alkanes of at least 4 members (excludes halogenated alkanes) is 2. The Morgan fingerprint density at radius 2 is 1.94 bits per heavy atom. The summed E-state index contributed by atoms with van der Waals surface area (Å²) in [6, 6.07) is 0. The number of rotatable bonds is 8. The standard InChI is InChI=1S/C9H16O2.C3H8O3/c1-3-5-6-7-9(10)11-8-4-2;4-1-3(6)2-5/h4H,2-3,5-8H2,1H3;3-6H,1-2H2. The Bertz CT molecular complexity index is 178. The van der Waals surface area contributed by atoms with Gasteiger partial charge in [-0.25, -0.2) is 0 Å². The van der Waals surface area contributed by atoms with Gasteiger partial charge in [0.1, 0.15) is 12.7 Å². The van der Waals surface area contributed by atoms with Gasteiger partial charge in [0.05, 0.1) is 13.2 Å².